The Balaban J connectivity index is 1.64. The summed E-state index contributed by atoms with van der Waals surface area (Å²) in [4.78, 5) is 16.5. The minimum absolute atomic E-state index is 0.236. The first-order valence-corrected chi connectivity index (χ1v) is 10.0. The van der Waals surface area contributed by atoms with Crippen LogP contribution in [-0.4, -0.2) is 24.6 Å². The van der Waals surface area contributed by atoms with Crippen LogP contribution in [0, 0.1) is 11.8 Å². The summed E-state index contributed by atoms with van der Waals surface area (Å²) < 4.78 is 11.0. The third kappa shape index (κ3) is 6.76. The molecular formula is C26H24N2O3. The predicted octanol–water partition coefficient (Wildman–Crippen LogP) is 4.93. The number of pyridine rings is 1. The molecular weight excluding hydrogens is 388 g/mol. The van der Waals surface area contributed by atoms with E-state index in [0.29, 0.717) is 29.5 Å². The molecule has 0 aliphatic heterocycles. The largest absolute Gasteiger partial charge is 0.493 e. The summed E-state index contributed by atoms with van der Waals surface area (Å²) in [6.45, 7) is 2.67. The molecule has 5 nitrogen and oxygen atoms in total. The van der Waals surface area contributed by atoms with Gasteiger partial charge in [-0.25, -0.2) is 4.98 Å². The highest BCUT2D eigenvalue weighted by atomic mass is 16.5. The van der Waals surface area contributed by atoms with Gasteiger partial charge >= 0.3 is 0 Å². The van der Waals surface area contributed by atoms with E-state index in [0.717, 1.165) is 17.5 Å². The van der Waals surface area contributed by atoms with E-state index >= 15 is 0 Å². The standard InChI is InChI=1S/C26H24N2O3/c1-3-17-31-24-14-11-21(19-25(24)30-2)12-15-26(29)28-23-9-6-7-20(18-23)10-13-22-8-4-5-16-27-22/h4-9,11-12,14-16,18-19H,3,17H2,1-2H3,(H,28,29)/b15-12+. The maximum absolute atomic E-state index is 12.3. The van der Waals surface area contributed by atoms with E-state index in [4.69, 9.17) is 9.47 Å². The third-order valence-electron chi connectivity index (χ3n) is 4.21. The second kappa shape index (κ2) is 11.2. The van der Waals surface area contributed by atoms with E-state index in [-0.39, 0.29) is 5.91 Å². The number of ether oxygens (including phenoxy) is 2. The maximum Gasteiger partial charge on any atom is 0.248 e. The molecule has 2 aromatic carbocycles. The number of benzene rings is 2. The molecule has 0 spiro atoms. The fourth-order valence-corrected chi connectivity index (χ4v) is 2.72. The van der Waals surface area contributed by atoms with E-state index in [1.54, 1.807) is 19.4 Å². The maximum atomic E-state index is 12.3. The molecule has 0 radical (unpaired) electrons. The number of carbonyl (C=O) groups excluding carboxylic acids is 1. The topological polar surface area (TPSA) is 60.5 Å². The van der Waals surface area contributed by atoms with E-state index in [9.17, 15) is 4.79 Å². The number of aromatic nitrogens is 1. The Kier molecular flexibility index (Phi) is 7.84. The fraction of sp³-hybridized carbons (Fsp3) is 0.154. The van der Waals surface area contributed by atoms with Crippen molar-refractivity contribution in [1.29, 1.82) is 0 Å². The lowest BCUT2D eigenvalue weighted by atomic mass is 10.1. The zero-order valence-corrected chi connectivity index (χ0v) is 17.6. The molecule has 5 heteroatoms. The van der Waals surface area contributed by atoms with Crippen molar-refractivity contribution in [3.8, 4) is 23.3 Å². The number of nitrogens with one attached hydrogen (secondary N) is 1. The Morgan fingerprint density at radius 2 is 1.97 bits per heavy atom. The van der Waals surface area contributed by atoms with Crippen LogP contribution in [0.1, 0.15) is 30.2 Å². The highest BCUT2D eigenvalue weighted by Gasteiger charge is 2.05. The molecule has 3 rings (SSSR count). The number of nitrogens with zero attached hydrogens (tertiary/aromatic N) is 1. The van der Waals surface area contributed by atoms with E-state index in [1.165, 1.54) is 6.08 Å². The minimum Gasteiger partial charge on any atom is -0.493 e. The number of anilines is 1. The number of rotatable bonds is 7. The van der Waals surface area contributed by atoms with Gasteiger partial charge in [0, 0.05) is 23.5 Å². The van der Waals surface area contributed by atoms with Crippen molar-refractivity contribution in [3.63, 3.8) is 0 Å². The van der Waals surface area contributed by atoms with E-state index < -0.39 is 0 Å². The third-order valence-corrected chi connectivity index (χ3v) is 4.21. The first kappa shape index (κ1) is 21.7. The van der Waals surface area contributed by atoms with Crippen LogP contribution in [0.5, 0.6) is 11.5 Å². The van der Waals surface area contributed by atoms with Crippen molar-refractivity contribution in [2.45, 2.75) is 13.3 Å². The summed E-state index contributed by atoms with van der Waals surface area (Å²) in [5, 5.41) is 2.85. The molecule has 0 aliphatic carbocycles. The number of carbonyl (C=O) groups is 1. The highest BCUT2D eigenvalue weighted by Crippen LogP contribution is 2.28. The summed E-state index contributed by atoms with van der Waals surface area (Å²) in [5.74, 6) is 7.15. The van der Waals surface area contributed by atoms with Crippen LogP contribution in [-0.2, 0) is 4.79 Å². The van der Waals surface area contributed by atoms with Gasteiger partial charge in [-0.15, -0.1) is 0 Å². The average molecular weight is 412 g/mol. The van der Waals surface area contributed by atoms with Gasteiger partial charge in [-0.05, 0) is 66.4 Å². The molecule has 1 amide bonds. The Morgan fingerprint density at radius 1 is 1.06 bits per heavy atom. The van der Waals surface area contributed by atoms with Gasteiger partial charge in [0.2, 0.25) is 5.91 Å². The van der Waals surface area contributed by atoms with E-state index in [1.807, 2.05) is 67.6 Å². The lowest BCUT2D eigenvalue weighted by molar-refractivity contribution is -0.111. The monoisotopic (exact) mass is 412 g/mol. The lowest BCUT2D eigenvalue weighted by Gasteiger charge is -2.10. The average Bonchev–Trinajstić information content (AvgIpc) is 2.81. The molecule has 0 unspecified atom stereocenters. The van der Waals surface area contributed by atoms with Crippen molar-refractivity contribution < 1.29 is 14.3 Å². The Morgan fingerprint density at radius 3 is 2.74 bits per heavy atom. The highest BCUT2D eigenvalue weighted by molar-refractivity contribution is 6.02. The normalized spacial score (nSPS) is 10.3. The summed E-state index contributed by atoms with van der Waals surface area (Å²) >= 11 is 0. The molecule has 1 heterocycles. The van der Waals surface area contributed by atoms with Crippen molar-refractivity contribution in [3.05, 3.63) is 89.8 Å². The van der Waals surface area contributed by atoms with Crippen molar-refractivity contribution in [2.75, 3.05) is 19.0 Å². The van der Waals surface area contributed by atoms with Gasteiger partial charge in [0.25, 0.3) is 0 Å². The number of hydrogen-bond donors (Lipinski definition) is 1. The van der Waals surface area contributed by atoms with Gasteiger partial charge in [0.15, 0.2) is 11.5 Å². The quantitative estimate of drug-likeness (QED) is 0.442. The molecule has 0 saturated carbocycles. The fourth-order valence-electron chi connectivity index (χ4n) is 2.72. The summed E-state index contributed by atoms with van der Waals surface area (Å²) in [6.07, 6.45) is 5.83. The second-order valence-electron chi connectivity index (χ2n) is 6.63. The van der Waals surface area contributed by atoms with Crippen molar-refractivity contribution in [2.24, 2.45) is 0 Å². The summed E-state index contributed by atoms with van der Waals surface area (Å²) in [7, 11) is 1.60. The smallest absolute Gasteiger partial charge is 0.248 e. The Hall–Kier alpha value is -4.04. The van der Waals surface area contributed by atoms with Crippen LogP contribution in [0.3, 0.4) is 0 Å². The molecule has 1 N–H and O–H groups in total. The van der Waals surface area contributed by atoms with Gasteiger partial charge in [-0.1, -0.05) is 31.0 Å². The summed E-state index contributed by atoms with van der Waals surface area (Å²) in [5.41, 5.74) is 3.00. The van der Waals surface area contributed by atoms with Gasteiger partial charge in [-0.3, -0.25) is 4.79 Å². The first-order chi connectivity index (χ1) is 15.2. The zero-order chi connectivity index (χ0) is 21.9. The first-order valence-electron chi connectivity index (χ1n) is 10.0. The second-order valence-corrected chi connectivity index (χ2v) is 6.63. The molecule has 0 bridgehead atoms. The van der Waals surface area contributed by atoms with Crippen LogP contribution in [0.25, 0.3) is 6.08 Å². The molecule has 31 heavy (non-hydrogen) atoms. The lowest BCUT2D eigenvalue weighted by Crippen LogP contribution is -2.07. The van der Waals surface area contributed by atoms with Crippen LogP contribution < -0.4 is 14.8 Å². The zero-order valence-electron chi connectivity index (χ0n) is 17.6. The molecule has 0 atom stereocenters. The van der Waals surface area contributed by atoms with Crippen LogP contribution in [0.15, 0.2) is 72.9 Å². The van der Waals surface area contributed by atoms with Crippen LogP contribution >= 0.6 is 0 Å². The molecule has 156 valence electrons. The Labute approximate surface area is 182 Å². The number of hydrogen-bond acceptors (Lipinski definition) is 4. The van der Waals surface area contributed by atoms with Gasteiger partial charge in [0.1, 0.15) is 5.69 Å². The summed E-state index contributed by atoms with van der Waals surface area (Å²) in [6, 6.07) is 18.5. The molecule has 3 aromatic rings. The molecule has 1 aromatic heterocycles. The van der Waals surface area contributed by atoms with Crippen LogP contribution in [0.4, 0.5) is 5.69 Å². The van der Waals surface area contributed by atoms with Gasteiger partial charge in [-0.2, -0.15) is 0 Å². The molecule has 0 aliphatic rings. The predicted molar refractivity (Wildman–Crippen MR) is 123 cm³/mol. The molecule has 0 fully saturated rings. The van der Waals surface area contributed by atoms with Gasteiger partial charge in [0.05, 0.1) is 13.7 Å². The Bertz CT molecular complexity index is 1110. The SMILES string of the molecule is CCCOc1ccc(/C=C/C(=O)Nc2cccc(C#Cc3ccccn3)c2)cc1OC. The van der Waals surface area contributed by atoms with Crippen molar-refractivity contribution >= 4 is 17.7 Å². The van der Waals surface area contributed by atoms with E-state index in [2.05, 4.69) is 22.1 Å². The number of amides is 1. The van der Waals surface area contributed by atoms with Crippen molar-refractivity contribution in [1.82, 2.24) is 4.98 Å². The minimum atomic E-state index is -0.236. The van der Waals surface area contributed by atoms with Gasteiger partial charge < -0.3 is 14.8 Å². The molecule has 0 saturated heterocycles. The van der Waals surface area contributed by atoms with Crippen LogP contribution in [0.2, 0.25) is 0 Å². The number of methoxy groups -OCH3 is 1.